The molecular formula is C39H40O16. The summed E-state index contributed by atoms with van der Waals surface area (Å²) in [5.41, 5.74) is 2.59. The lowest BCUT2D eigenvalue weighted by molar-refractivity contribution is -0.365. The maximum Gasteiger partial charge on any atom is 0.514 e. The molecule has 16 heteroatoms. The van der Waals surface area contributed by atoms with Crippen molar-refractivity contribution >= 4 is 18.1 Å². The first-order valence-corrected chi connectivity index (χ1v) is 17.8. The number of cyclic esters (lactones) is 1. The molecular weight excluding hydrogens is 724 g/mol. The lowest BCUT2D eigenvalue weighted by atomic mass is 9.66. The van der Waals surface area contributed by atoms with Crippen molar-refractivity contribution in [2.45, 2.75) is 69.5 Å². The molecule has 4 heterocycles. The Balaban J connectivity index is 1.15. The van der Waals surface area contributed by atoms with E-state index < -0.39 is 78.9 Å². The standard InChI is InChI=1S/C39H40O16/c1-18(40)51-36-32(41)38(53-29-16-46-19(2)52-35(29)36)54-33-23-13-26-25(49-17-50-26)12-22(23)30(31-24(33)15-47-37(31)42)21-10-27(44-3)34(28(11-21)45-4)55-39(43)48-14-20-8-6-5-7-9-20/h5-13,19,24,29-33,35-36,38,41H,14-17H2,1-4H3/t19-,24+,29-,30-,31+,32-,33-,35-,36-,38+/m1/s1. The molecule has 55 heavy (non-hydrogen) atoms. The molecule has 3 aromatic rings. The number of aliphatic hydroxyl groups excluding tert-OH is 1. The van der Waals surface area contributed by atoms with Gasteiger partial charge in [0.2, 0.25) is 12.5 Å². The molecule has 5 aliphatic rings. The number of fused-ring (bicyclic) bond motifs is 4. The summed E-state index contributed by atoms with van der Waals surface area (Å²) in [6.07, 6.45) is -7.97. The summed E-state index contributed by atoms with van der Waals surface area (Å²) in [7, 11) is 2.83. The third-order valence-electron chi connectivity index (χ3n) is 10.4. The maximum absolute atomic E-state index is 13.8. The molecule has 0 saturated carbocycles. The predicted octanol–water partition coefficient (Wildman–Crippen LogP) is 3.92. The van der Waals surface area contributed by atoms with Crippen molar-refractivity contribution in [3.8, 4) is 28.7 Å². The van der Waals surface area contributed by atoms with E-state index in [0.717, 1.165) is 5.56 Å². The van der Waals surface area contributed by atoms with Gasteiger partial charge in [-0.1, -0.05) is 30.3 Å². The number of esters is 2. The largest absolute Gasteiger partial charge is 0.514 e. The molecule has 16 nitrogen and oxygen atoms in total. The molecule has 8 rings (SSSR count). The van der Waals surface area contributed by atoms with Gasteiger partial charge in [0.05, 0.1) is 39.5 Å². The van der Waals surface area contributed by atoms with E-state index in [4.69, 9.17) is 56.8 Å². The van der Waals surface area contributed by atoms with Crippen LogP contribution in [0.25, 0.3) is 0 Å². The summed E-state index contributed by atoms with van der Waals surface area (Å²) in [6, 6.07) is 16.0. The summed E-state index contributed by atoms with van der Waals surface area (Å²) < 4.78 is 69.6. The molecule has 3 saturated heterocycles. The topological polar surface area (TPSA) is 182 Å². The van der Waals surface area contributed by atoms with Crippen LogP contribution in [-0.2, 0) is 49.4 Å². The molecule has 0 spiro atoms. The number of carbonyl (C=O) groups excluding carboxylic acids is 3. The molecule has 10 atom stereocenters. The Morgan fingerprint density at radius 3 is 2.31 bits per heavy atom. The Hall–Kier alpha value is -5.13. The van der Waals surface area contributed by atoms with E-state index in [2.05, 4.69) is 0 Å². The van der Waals surface area contributed by atoms with E-state index in [1.165, 1.54) is 21.1 Å². The minimum atomic E-state index is -1.47. The van der Waals surface area contributed by atoms with Crippen LogP contribution in [0.15, 0.2) is 54.6 Å². The molecule has 1 aliphatic carbocycles. The Bertz CT molecular complexity index is 1910. The van der Waals surface area contributed by atoms with Gasteiger partial charge in [-0.3, -0.25) is 9.59 Å². The van der Waals surface area contributed by atoms with Gasteiger partial charge in [-0.25, -0.2) is 4.79 Å². The van der Waals surface area contributed by atoms with Crippen LogP contribution in [0.2, 0.25) is 0 Å². The zero-order valence-electron chi connectivity index (χ0n) is 30.4. The fourth-order valence-electron chi connectivity index (χ4n) is 7.96. The average Bonchev–Trinajstić information content (AvgIpc) is 3.81. The molecule has 0 amide bonds. The second-order valence-corrected chi connectivity index (χ2v) is 13.7. The highest BCUT2D eigenvalue weighted by Gasteiger charge is 2.57. The van der Waals surface area contributed by atoms with Crippen molar-refractivity contribution in [1.29, 1.82) is 0 Å². The monoisotopic (exact) mass is 764 g/mol. The van der Waals surface area contributed by atoms with Crippen LogP contribution in [0.4, 0.5) is 4.79 Å². The fourth-order valence-corrected chi connectivity index (χ4v) is 7.96. The molecule has 0 radical (unpaired) electrons. The molecule has 0 bridgehead atoms. The van der Waals surface area contributed by atoms with Crippen LogP contribution in [0, 0.1) is 11.8 Å². The third kappa shape index (κ3) is 7.00. The Kier molecular flexibility index (Phi) is 10.2. The molecule has 4 aliphatic heterocycles. The van der Waals surface area contributed by atoms with Gasteiger partial charge < -0.3 is 61.9 Å². The van der Waals surface area contributed by atoms with Crippen LogP contribution < -0.4 is 23.7 Å². The molecule has 0 aromatic heterocycles. The highest BCUT2D eigenvalue weighted by molar-refractivity contribution is 5.79. The first kappa shape index (κ1) is 36.8. The van der Waals surface area contributed by atoms with Gasteiger partial charge in [-0.15, -0.1) is 0 Å². The van der Waals surface area contributed by atoms with Crippen LogP contribution >= 0.6 is 0 Å². The lowest BCUT2D eigenvalue weighted by Crippen LogP contribution is -2.64. The highest BCUT2D eigenvalue weighted by atomic mass is 16.8. The van der Waals surface area contributed by atoms with Crippen LogP contribution in [-0.4, -0.2) is 94.4 Å². The van der Waals surface area contributed by atoms with Gasteiger partial charge in [0.25, 0.3) is 0 Å². The molecule has 1 N–H and O–H groups in total. The van der Waals surface area contributed by atoms with Crippen LogP contribution in [0.3, 0.4) is 0 Å². The van der Waals surface area contributed by atoms with Gasteiger partial charge in [0.1, 0.15) is 24.9 Å². The minimum Gasteiger partial charge on any atom is -0.493 e. The van der Waals surface area contributed by atoms with Gasteiger partial charge >= 0.3 is 18.1 Å². The van der Waals surface area contributed by atoms with Crippen molar-refractivity contribution in [2.24, 2.45) is 11.8 Å². The van der Waals surface area contributed by atoms with E-state index in [1.807, 2.05) is 30.3 Å². The molecule has 3 fully saturated rings. The Morgan fingerprint density at radius 1 is 0.909 bits per heavy atom. The van der Waals surface area contributed by atoms with Crippen molar-refractivity contribution < 1.29 is 76.3 Å². The van der Waals surface area contributed by atoms with Crippen molar-refractivity contribution in [3.63, 3.8) is 0 Å². The second-order valence-electron chi connectivity index (χ2n) is 13.7. The van der Waals surface area contributed by atoms with E-state index in [-0.39, 0.29) is 43.9 Å². The summed E-state index contributed by atoms with van der Waals surface area (Å²) >= 11 is 0. The van der Waals surface area contributed by atoms with E-state index >= 15 is 0 Å². The first-order valence-electron chi connectivity index (χ1n) is 17.8. The molecule has 3 aromatic carbocycles. The van der Waals surface area contributed by atoms with Gasteiger partial charge in [-0.05, 0) is 53.4 Å². The number of aliphatic hydroxyl groups is 1. The van der Waals surface area contributed by atoms with Crippen molar-refractivity contribution in [3.05, 3.63) is 76.9 Å². The van der Waals surface area contributed by atoms with Gasteiger partial charge in [0, 0.05) is 18.8 Å². The van der Waals surface area contributed by atoms with Crippen molar-refractivity contribution in [1.82, 2.24) is 0 Å². The minimum absolute atomic E-state index is 0.0128. The van der Waals surface area contributed by atoms with E-state index in [1.54, 1.807) is 31.2 Å². The smallest absolute Gasteiger partial charge is 0.493 e. The van der Waals surface area contributed by atoms with Crippen molar-refractivity contribution in [2.75, 3.05) is 34.2 Å². The lowest BCUT2D eigenvalue weighted by Gasteiger charge is -2.48. The van der Waals surface area contributed by atoms with Crippen LogP contribution in [0.5, 0.6) is 28.7 Å². The van der Waals surface area contributed by atoms with Crippen LogP contribution in [0.1, 0.15) is 48.1 Å². The maximum atomic E-state index is 13.8. The highest BCUT2D eigenvalue weighted by Crippen LogP contribution is 2.57. The first-order chi connectivity index (χ1) is 26.6. The quantitative estimate of drug-likeness (QED) is 0.188. The average molecular weight is 765 g/mol. The Labute approximate surface area is 315 Å². The van der Waals surface area contributed by atoms with Gasteiger partial charge in [0.15, 0.2) is 41.7 Å². The number of methoxy groups -OCH3 is 2. The van der Waals surface area contributed by atoms with Gasteiger partial charge in [-0.2, -0.15) is 0 Å². The summed E-state index contributed by atoms with van der Waals surface area (Å²) in [5.74, 6) is -2.04. The normalized spacial score (nSPS) is 30.2. The number of hydrogen-bond donors (Lipinski definition) is 1. The molecule has 0 unspecified atom stereocenters. The zero-order chi connectivity index (χ0) is 38.4. The summed E-state index contributed by atoms with van der Waals surface area (Å²) in [4.78, 5) is 38.8. The van der Waals surface area contributed by atoms with E-state index in [0.29, 0.717) is 28.2 Å². The summed E-state index contributed by atoms with van der Waals surface area (Å²) in [6.45, 7) is 2.98. The summed E-state index contributed by atoms with van der Waals surface area (Å²) in [5, 5.41) is 11.6. The third-order valence-corrected chi connectivity index (χ3v) is 10.4. The number of carbonyl (C=O) groups is 3. The Morgan fingerprint density at radius 2 is 1.62 bits per heavy atom. The number of benzene rings is 3. The number of hydrogen-bond acceptors (Lipinski definition) is 16. The molecule has 292 valence electrons. The SMILES string of the molecule is COc1cc([C@@H]2c3cc4c(cc3[C@@H](O[C@@H]3O[C@@H]5CO[C@@H](C)O[C@H]5[C@H](OC(C)=O)[C@H]3O)[C@H]3COC(=O)[C@H]23)OCO4)cc(OC)c1OC(=O)OCc1ccccc1. The van der Waals surface area contributed by atoms with E-state index in [9.17, 15) is 19.5 Å². The number of rotatable bonds is 9. The fraction of sp³-hybridized carbons (Fsp3) is 0.462. The number of ether oxygens (including phenoxy) is 12. The predicted molar refractivity (Wildman–Crippen MR) is 183 cm³/mol. The second kappa shape index (κ2) is 15.2. The zero-order valence-corrected chi connectivity index (χ0v) is 30.4.